The Balaban J connectivity index is 1.71. The minimum atomic E-state index is 0.0451. The predicted octanol–water partition coefficient (Wildman–Crippen LogP) is 3.63. The second kappa shape index (κ2) is 6.03. The second-order valence-electron chi connectivity index (χ2n) is 5.39. The van der Waals surface area contributed by atoms with Crippen molar-refractivity contribution in [2.24, 2.45) is 5.73 Å². The van der Waals surface area contributed by atoms with Crippen LogP contribution in [0.4, 0.5) is 0 Å². The van der Waals surface area contributed by atoms with Crippen LogP contribution in [0.2, 0.25) is 0 Å². The quantitative estimate of drug-likeness (QED) is 0.885. The fourth-order valence-electron chi connectivity index (χ4n) is 2.26. The molecule has 1 saturated carbocycles. The van der Waals surface area contributed by atoms with Gasteiger partial charge in [0.15, 0.2) is 0 Å². The summed E-state index contributed by atoms with van der Waals surface area (Å²) >= 11 is 1.67. The first-order valence-corrected chi connectivity index (χ1v) is 8.01. The van der Waals surface area contributed by atoms with Gasteiger partial charge in [0.1, 0.15) is 23.1 Å². The van der Waals surface area contributed by atoms with E-state index >= 15 is 0 Å². The van der Waals surface area contributed by atoms with E-state index in [0.29, 0.717) is 12.5 Å². The molecule has 1 unspecified atom stereocenters. The number of rotatable bonds is 6. The molecule has 2 N–H and O–H groups in total. The van der Waals surface area contributed by atoms with Crippen molar-refractivity contribution in [3.8, 4) is 11.5 Å². The molecule has 0 bridgehead atoms. The summed E-state index contributed by atoms with van der Waals surface area (Å²) < 4.78 is 11.0. The van der Waals surface area contributed by atoms with Crippen molar-refractivity contribution < 1.29 is 9.47 Å². The summed E-state index contributed by atoms with van der Waals surface area (Å²) in [6, 6.07) is 7.66. The van der Waals surface area contributed by atoms with Crippen LogP contribution in [-0.4, -0.2) is 12.1 Å². The monoisotopic (exact) mass is 304 g/mol. The van der Waals surface area contributed by atoms with Gasteiger partial charge in [-0.05, 0) is 31.9 Å². The van der Waals surface area contributed by atoms with Gasteiger partial charge >= 0.3 is 0 Å². The Kier molecular flexibility index (Phi) is 4.12. The van der Waals surface area contributed by atoms with Crippen LogP contribution in [0.25, 0.3) is 0 Å². The number of thiazole rings is 1. The summed E-state index contributed by atoms with van der Waals surface area (Å²) in [5.74, 6) is 2.20. The van der Waals surface area contributed by atoms with E-state index in [4.69, 9.17) is 20.2 Å². The van der Waals surface area contributed by atoms with E-state index in [-0.39, 0.29) is 6.04 Å². The third kappa shape index (κ3) is 3.36. The molecule has 1 atom stereocenters. The van der Waals surface area contributed by atoms with Crippen molar-refractivity contribution in [3.05, 3.63) is 39.8 Å². The van der Waals surface area contributed by atoms with Crippen LogP contribution in [0, 0.1) is 0 Å². The highest BCUT2D eigenvalue weighted by atomic mass is 32.1. The van der Waals surface area contributed by atoms with Gasteiger partial charge in [-0.15, -0.1) is 11.3 Å². The van der Waals surface area contributed by atoms with Crippen LogP contribution in [0.5, 0.6) is 11.5 Å². The first-order valence-electron chi connectivity index (χ1n) is 7.19. The van der Waals surface area contributed by atoms with Gasteiger partial charge in [0, 0.05) is 22.9 Å². The molecule has 0 saturated heterocycles. The van der Waals surface area contributed by atoms with E-state index < -0.39 is 0 Å². The van der Waals surface area contributed by atoms with Gasteiger partial charge in [-0.3, -0.25) is 0 Å². The van der Waals surface area contributed by atoms with E-state index in [9.17, 15) is 0 Å². The van der Waals surface area contributed by atoms with Gasteiger partial charge in [-0.2, -0.15) is 0 Å². The molecule has 21 heavy (non-hydrogen) atoms. The Labute approximate surface area is 128 Å². The van der Waals surface area contributed by atoms with Crippen molar-refractivity contribution in [2.75, 3.05) is 7.11 Å². The lowest BCUT2D eigenvalue weighted by Crippen LogP contribution is -2.05. The molecule has 112 valence electrons. The third-order valence-electron chi connectivity index (χ3n) is 3.51. The summed E-state index contributed by atoms with van der Waals surface area (Å²) in [5.41, 5.74) is 7.25. The molecule has 5 heteroatoms. The lowest BCUT2D eigenvalue weighted by molar-refractivity contribution is 0.303. The van der Waals surface area contributed by atoms with Gasteiger partial charge < -0.3 is 15.2 Å². The molecular weight excluding hydrogens is 284 g/mol. The van der Waals surface area contributed by atoms with Gasteiger partial charge in [0.05, 0.1) is 12.8 Å². The molecule has 1 fully saturated rings. The minimum Gasteiger partial charge on any atom is -0.497 e. The Morgan fingerprint density at radius 1 is 1.38 bits per heavy atom. The first-order chi connectivity index (χ1) is 10.2. The fourth-order valence-corrected chi connectivity index (χ4v) is 3.28. The number of nitrogens with two attached hydrogens (primary N) is 1. The number of hydrogen-bond acceptors (Lipinski definition) is 5. The maximum absolute atomic E-state index is 6.05. The maximum Gasteiger partial charge on any atom is 0.140 e. The van der Waals surface area contributed by atoms with E-state index in [1.165, 1.54) is 23.4 Å². The average Bonchev–Trinajstić information content (AvgIpc) is 3.25. The van der Waals surface area contributed by atoms with Crippen LogP contribution in [0.3, 0.4) is 0 Å². The van der Waals surface area contributed by atoms with Crippen molar-refractivity contribution in [2.45, 2.75) is 38.3 Å². The predicted molar refractivity (Wildman–Crippen MR) is 84.0 cm³/mol. The zero-order chi connectivity index (χ0) is 14.8. The Hall–Kier alpha value is -1.59. The largest absolute Gasteiger partial charge is 0.497 e. The molecule has 0 amide bonds. The van der Waals surface area contributed by atoms with Gasteiger partial charge in [-0.1, -0.05) is 6.07 Å². The first kappa shape index (κ1) is 14.4. The zero-order valence-electron chi connectivity index (χ0n) is 12.3. The molecule has 0 radical (unpaired) electrons. The van der Waals surface area contributed by atoms with Crippen LogP contribution >= 0.6 is 11.3 Å². The fraction of sp³-hybridized carbons (Fsp3) is 0.438. The number of hydrogen-bond donors (Lipinski definition) is 1. The van der Waals surface area contributed by atoms with E-state index in [1.54, 1.807) is 18.4 Å². The molecule has 1 aromatic carbocycles. The zero-order valence-corrected chi connectivity index (χ0v) is 13.2. The average molecular weight is 304 g/mol. The van der Waals surface area contributed by atoms with Crippen molar-refractivity contribution >= 4 is 11.3 Å². The highest BCUT2D eigenvalue weighted by Crippen LogP contribution is 2.44. The molecule has 4 nitrogen and oxygen atoms in total. The molecule has 1 aliphatic carbocycles. The van der Waals surface area contributed by atoms with E-state index in [2.05, 4.69) is 0 Å². The standard InChI is InChI=1S/C16H20N2O2S/c1-10(17)16-15(11-6-7-11)18-14(21-16)9-20-13-5-3-4-12(8-13)19-2/h3-5,8,10-11H,6-7,9,17H2,1-2H3. The van der Waals surface area contributed by atoms with E-state index in [1.807, 2.05) is 31.2 Å². The summed E-state index contributed by atoms with van der Waals surface area (Å²) in [4.78, 5) is 5.94. The SMILES string of the molecule is COc1cccc(OCc2nc(C3CC3)c(C(C)N)s2)c1. The topological polar surface area (TPSA) is 57.4 Å². The molecule has 1 heterocycles. The lowest BCUT2D eigenvalue weighted by Gasteiger charge is -2.05. The van der Waals surface area contributed by atoms with Crippen LogP contribution in [0.1, 0.15) is 47.3 Å². The smallest absolute Gasteiger partial charge is 0.140 e. The van der Waals surface area contributed by atoms with Gasteiger partial charge in [0.25, 0.3) is 0 Å². The molecular formula is C16H20N2O2S. The molecule has 1 aromatic heterocycles. The molecule has 0 aliphatic heterocycles. The van der Waals surface area contributed by atoms with Crippen molar-refractivity contribution in [1.29, 1.82) is 0 Å². The summed E-state index contributed by atoms with van der Waals surface area (Å²) in [5, 5.41) is 0.993. The van der Waals surface area contributed by atoms with Crippen molar-refractivity contribution in [3.63, 3.8) is 0 Å². The summed E-state index contributed by atoms with van der Waals surface area (Å²) in [7, 11) is 1.65. The molecule has 0 spiro atoms. The number of benzene rings is 1. The van der Waals surface area contributed by atoms with Crippen molar-refractivity contribution in [1.82, 2.24) is 4.98 Å². The Bertz CT molecular complexity index is 601. The summed E-state index contributed by atoms with van der Waals surface area (Å²) in [6.07, 6.45) is 2.47. The second-order valence-corrected chi connectivity index (χ2v) is 6.50. The number of ether oxygens (including phenoxy) is 2. The molecule has 2 aromatic rings. The highest BCUT2D eigenvalue weighted by molar-refractivity contribution is 7.11. The van der Waals surface area contributed by atoms with Crippen LogP contribution in [-0.2, 0) is 6.61 Å². The maximum atomic E-state index is 6.05. The normalized spacial score (nSPS) is 15.8. The highest BCUT2D eigenvalue weighted by Gasteiger charge is 2.30. The third-order valence-corrected chi connectivity index (χ3v) is 4.75. The van der Waals surface area contributed by atoms with Gasteiger partial charge in [0.2, 0.25) is 0 Å². The molecule has 1 aliphatic rings. The number of methoxy groups -OCH3 is 1. The minimum absolute atomic E-state index is 0.0451. The van der Waals surface area contributed by atoms with E-state index in [0.717, 1.165) is 16.5 Å². The number of nitrogens with zero attached hydrogens (tertiary/aromatic N) is 1. The lowest BCUT2D eigenvalue weighted by atomic mass is 10.2. The van der Waals surface area contributed by atoms with Crippen LogP contribution in [0.15, 0.2) is 24.3 Å². The van der Waals surface area contributed by atoms with Gasteiger partial charge in [-0.25, -0.2) is 4.98 Å². The molecule has 3 rings (SSSR count). The number of aromatic nitrogens is 1. The van der Waals surface area contributed by atoms with Crippen LogP contribution < -0.4 is 15.2 Å². The summed E-state index contributed by atoms with van der Waals surface area (Å²) in [6.45, 7) is 2.50. The Morgan fingerprint density at radius 3 is 2.81 bits per heavy atom. The Morgan fingerprint density at radius 2 is 2.14 bits per heavy atom.